The molecule has 0 aliphatic heterocycles. The molecule has 0 aliphatic carbocycles. The molecule has 1 amide bonds. The van der Waals surface area contributed by atoms with Crippen molar-refractivity contribution in [3.05, 3.63) is 75.9 Å². The van der Waals surface area contributed by atoms with Crippen LogP contribution in [0.25, 0.3) is 11.1 Å². The van der Waals surface area contributed by atoms with Crippen molar-refractivity contribution in [3.8, 4) is 11.1 Å². The molecule has 3 rings (SSSR count). The summed E-state index contributed by atoms with van der Waals surface area (Å²) in [6.45, 7) is 1.90. The van der Waals surface area contributed by atoms with Gasteiger partial charge >= 0.3 is 5.97 Å². The highest BCUT2D eigenvalue weighted by molar-refractivity contribution is 7.15. The number of nitrogens with one attached hydrogen (secondary N) is 1. The first kappa shape index (κ1) is 19.1. The highest BCUT2D eigenvalue weighted by Crippen LogP contribution is 2.36. The van der Waals surface area contributed by atoms with Gasteiger partial charge in [-0.3, -0.25) is 4.79 Å². The molecule has 0 radical (unpaired) electrons. The van der Waals surface area contributed by atoms with Crippen molar-refractivity contribution < 1.29 is 18.7 Å². The van der Waals surface area contributed by atoms with Crippen molar-refractivity contribution in [2.75, 3.05) is 11.9 Å². The Morgan fingerprint density at radius 2 is 1.78 bits per heavy atom. The molecule has 0 spiro atoms. The molecule has 3 aromatic rings. The number of ether oxygens (including phenoxy) is 1. The topological polar surface area (TPSA) is 55.4 Å². The van der Waals surface area contributed by atoms with Gasteiger partial charge < -0.3 is 10.1 Å². The predicted octanol–water partition coefficient (Wildman–Crippen LogP) is 5.64. The molecule has 0 unspecified atom stereocenters. The van der Waals surface area contributed by atoms with Crippen molar-refractivity contribution in [2.24, 2.45) is 0 Å². The number of carbonyl (C=O) groups excluding carboxylic acids is 2. The fourth-order valence-corrected chi connectivity index (χ4v) is 3.55. The molecule has 0 aliphatic rings. The lowest BCUT2D eigenvalue weighted by Crippen LogP contribution is -2.14. The summed E-state index contributed by atoms with van der Waals surface area (Å²) >= 11 is 7.05. The van der Waals surface area contributed by atoms with E-state index in [4.69, 9.17) is 16.3 Å². The number of hydrogen-bond donors (Lipinski definition) is 1. The second-order valence-electron chi connectivity index (χ2n) is 5.54. The van der Waals surface area contributed by atoms with Gasteiger partial charge in [-0.15, -0.1) is 11.3 Å². The molecule has 2 aromatic carbocycles. The molecule has 0 saturated heterocycles. The molecule has 0 saturated carbocycles. The minimum absolute atomic E-state index is 0.197. The monoisotopic (exact) mass is 403 g/mol. The summed E-state index contributed by atoms with van der Waals surface area (Å²) in [6, 6.07) is 12.2. The summed E-state index contributed by atoms with van der Waals surface area (Å²) in [5.41, 5.74) is 1.88. The molecule has 0 fully saturated rings. The number of esters is 1. The lowest BCUT2D eigenvalue weighted by atomic mass is 10.0. The Hall–Kier alpha value is -2.70. The van der Waals surface area contributed by atoms with E-state index in [1.807, 2.05) is 0 Å². The van der Waals surface area contributed by atoms with Crippen LogP contribution in [-0.4, -0.2) is 18.5 Å². The van der Waals surface area contributed by atoms with Crippen molar-refractivity contribution in [3.63, 3.8) is 0 Å². The molecule has 7 heteroatoms. The van der Waals surface area contributed by atoms with Crippen LogP contribution in [-0.2, 0) is 4.74 Å². The summed E-state index contributed by atoms with van der Waals surface area (Å²) in [5.74, 6) is -1.29. The Labute approximate surface area is 164 Å². The van der Waals surface area contributed by atoms with E-state index in [-0.39, 0.29) is 23.9 Å². The summed E-state index contributed by atoms with van der Waals surface area (Å²) in [5, 5.41) is 5.37. The van der Waals surface area contributed by atoms with Crippen LogP contribution in [0.15, 0.2) is 53.9 Å². The number of anilines is 1. The van der Waals surface area contributed by atoms with Crippen molar-refractivity contribution in [1.82, 2.24) is 0 Å². The zero-order valence-electron chi connectivity index (χ0n) is 14.3. The van der Waals surface area contributed by atoms with Gasteiger partial charge in [-0.2, -0.15) is 0 Å². The summed E-state index contributed by atoms with van der Waals surface area (Å²) in [4.78, 5) is 25.0. The maximum Gasteiger partial charge on any atom is 0.341 e. The molecular weight excluding hydrogens is 389 g/mol. The lowest BCUT2D eigenvalue weighted by Gasteiger charge is -2.09. The van der Waals surface area contributed by atoms with Crippen LogP contribution in [0.4, 0.5) is 9.39 Å². The smallest absolute Gasteiger partial charge is 0.341 e. The van der Waals surface area contributed by atoms with E-state index in [0.29, 0.717) is 26.7 Å². The Morgan fingerprint density at radius 3 is 2.41 bits per heavy atom. The molecule has 1 N–H and O–H groups in total. The highest BCUT2D eigenvalue weighted by atomic mass is 35.5. The van der Waals surface area contributed by atoms with Gasteiger partial charge in [0.05, 0.1) is 6.61 Å². The van der Waals surface area contributed by atoms with Gasteiger partial charge in [0.1, 0.15) is 16.4 Å². The third-order valence-corrected chi connectivity index (χ3v) is 4.91. The second-order valence-corrected chi connectivity index (χ2v) is 6.86. The first-order valence-corrected chi connectivity index (χ1v) is 9.36. The van der Waals surface area contributed by atoms with Crippen LogP contribution in [0.1, 0.15) is 27.6 Å². The molecular formula is C20H15ClFNO3S. The first-order valence-electron chi connectivity index (χ1n) is 8.11. The fraction of sp³-hybridized carbons (Fsp3) is 0.100. The van der Waals surface area contributed by atoms with E-state index in [1.54, 1.807) is 48.7 Å². The largest absolute Gasteiger partial charge is 0.462 e. The van der Waals surface area contributed by atoms with Crippen LogP contribution < -0.4 is 5.32 Å². The number of rotatable bonds is 5. The molecule has 0 atom stereocenters. The average Bonchev–Trinajstić information content (AvgIpc) is 3.06. The van der Waals surface area contributed by atoms with Gasteiger partial charge in [0.25, 0.3) is 5.91 Å². The molecule has 1 heterocycles. The van der Waals surface area contributed by atoms with E-state index < -0.39 is 5.97 Å². The standard InChI is InChI=1S/C20H15ClFNO3S/c1-2-26-20(25)17-16(12-5-9-15(22)10-6-12)11-27-19(17)23-18(24)13-3-7-14(21)8-4-13/h3-11H,2H2,1H3,(H,23,24). The van der Waals surface area contributed by atoms with Crippen LogP contribution in [0.5, 0.6) is 0 Å². The minimum Gasteiger partial charge on any atom is -0.462 e. The molecule has 27 heavy (non-hydrogen) atoms. The third-order valence-electron chi connectivity index (χ3n) is 3.76. The van der Waals surface area contributed by atoms with Crippen LogP contribution in [0.3, 0.4) is 0 Å². The zero-order valence-corrected chi connectivity index (χ0v) is 15.9. The van der Waals surface area contributed by atoms with E-state index in [2.05, 4.69) is 5.32 Å². The molecule has 4 nitrogen and oxygen atoms in total. The van der Waals surface area contributed by atoms with Gasteiger partial charge in [-0.05, 0) is 48.9 Å². The SMILES string of the molecule is CCOC(=O)c1c(-c2ccc(F)cc2)csc1NC(=O)c1ccc(Cl)cc1. The van der Waals surface area contributed by atoms with Gasteiger partial charge in [0.2, 0.25) is 0 Å². The maximum atomic E-state index is 13.2. The number of thiophene rings is 1. The van der Waals surface area contributed by atoms with Gasteiger partial charge in [-0.25, -0.2) is 9.18 Å². The van der Waals surface area contributed by atoms with E-state index in [0.717, 1.165) is 0 Å². The summed E-state index contributed by atoms with van der Waals surface area (Å²) in [7, 11) is 0. The van der Waals surface area contributed by atoms with Crippen molar-refractivity contribution >= 4 is 39.8 Å². The van der Waals surface area contributed by atoms with Gasteiger partial charge in [0.15, 0.2) is 0 Å². The van der Waals surface area contributed by atoms with Crippen LogP contribution >= 0.6 is 22.9 Å². The van der Waals surface area contributed by atoms with Crippen molar-refractivity contribution in [2.45, 2.75) is 6.92 Å². The highest BCUT2D eigenvalue weighted by Gasteiger charge is 2.23. The Balaban J connectivity index is 1.97. The summed E-state index contributed by atoms with van der Waals surface area (Å²) in [6.07, 6.45) is 0. The van der Waals surface area contributed by atoms with Gasteiger partial charge in [0, 0.05) is 21.5 Å². The van der Waals surface area contributed by atoms with Crippen molar-refractivity contribution in [1.29, 1.82) is 0 Å². The number of hydrogen-bond acceptors (Lipinski definition) is 4. The predicted molar refractivity (Wildman–Crippen MR) is 105 cm³/mol. The number of benzene rings is 2. The zero-order chi connectivity index (χ0) is 19.4. The summed E-state index contributed by atoms with van der Waals surface area (Å²) < 4.78 is 18.4. The molecule has 1 aromatic heterocycles. The van der Waals surface area contributed by atoms with Crippen LogP contribution in [0, 0.1) is 5.82 Å². The molecule has 0 bridgehead atoms. The number of carbonyl (C=O) groups is 2. The van der Waals surface area contributed by atoms with E-state index >= 15 is 0 Å². The normalized spacial score (nSPS) is 10.5. The Morgan fingerprint density at radius 1 is 1.11 bits per heavy atom. The molecule has 138 valence electrons. The number of halogens is 2. The quantitative estimate of drug-likeness (QED) is 0.561. The Bertz CT molecular complexity index is 968. The lowest BCUT2D eigenvalue weighted by molar-refractivity contribution is 0.0529. The first-order chi connectivity index (χ1) is 13.0. The number of amides is 1. The Kier molecular flexibility index (Phi) is 5.88. The fourth-order valence-electron chi connectivity index (χ4n) is 2.47. The van der Waals surface area contributed by atoms with E-state index in [1.165, 1.54) is 23.5 Å². The average molecular weight is 404 g/mol. The minimum atomic E-state index is -0.551. The second kappa shape index (κ2) is 8.33. The third kappa shape index (κ3) is 4.35. The van der Waals surface area contributed by atoms with Crippen LogP contribution in [0.2, 0.25) is 5.02 Å². The maximum absolute atomic E-state index is 13.2. The van der Waals surface area contributed by atoms with E-state index in [9.17, 15) is 14.0 Å². The van der Waals surface area contributed by atoms with Gasteiger partial charge in [-0.1, -0.05) is 23.7 Å².